The molecule has 1 aliphatic rings. The van der Waals surface area contributed by atoms with Crippen molar-refractivity contribution < 1.29 is 22.7 Å². The Hall–Kier alpha value is -1.80. The molecule has 0 aromatic heterocycles. The van der Waals surface area contributed by atoms with Crippen molar-refractivity contribution in [2.45, 2.75) is 24.8 Å². The molecule has 1 aromatic rings. The molecule has 7 nitrogen and oxygen atoms in total. The Morgan fingerprint density at radius 1 is 1.36 bits per heavy atom. The zero-order valence-electron chi connectivity index (χ0n) is 13.0. The van der Waals surface area contributed by atoms with Gasteiger partial charge in [0.25, 0.3) is 0 Å². The van der Waals surface area contributed by atoms with E-state index in [2.05, 4.69) is 4.72 Å². The van der Waals surface area contributed by atoms with Crippen molar-refractivity contribution in [2.75, 3.05) is 27.2 Å². The van der Waals surface area contributed by atoms with E-state index in [1.807, 2.05) is 0 Å². The van der Waals surface area contributed by atoms with Gasteiger partial charge in [-0.25, -0.2) is 17.9 Å². The molecule has 0 saturated carbocycles. The first-order valence-corrected chi connectivity index (χ1v) is 8.29. The summed E-state index contributed by atoms with van der Waals surface area (Å²) in [5.74, 6) is 0.611. The smallest absolute Gasteiger partial charge is 0.410 e. The Morgan fingerprint density at radius 3 is 2.41 bits per heavy atom. The van der Waals surface area contributed by atoms with E-state index >= 15 is 0 Å². The largest absolute Gasteiger partial charge is 0.497 e. The molecule has 0 aliphatic carbocycles. The molecule has 1 aromatic carbocycles. The standard InChI is InChI=1S/C14H20N2O5S/c1-9-5-11(20-4)6-10(2)13(9)22(18,19)15-7-12-8-16(3)14(17)21-12/h5-6,12,15H,7-8H2,1-4H3. The normalized spacial score (nSPS) is 18.5. The summed E-state index contributed by atoms with van der Waals surface area (Å²) in [7, 11) is -0.545. The number of cyclic esters (lactones) is 1. The van der Waals surface area contributed by atoms with Gasteiger partial charge in [0.1, 0.15) is 11.9 Å². The Kier molecular flexibility index (Phi) is 4.62. The van der Waals surface area contributed by atoms with Gasteiger partial charge >= 0.3 is 6.09 Å². The van der Waals surface area contributed by atoms with E-state index in [-0.39, 0.29) is 11.4 Å². The number of benzene rings is 1. The lowest BCUT2D eigenvalue weighted by molar-refractivity contribution is 0.135. The highest BCUT2D eigenvalue weighted by Gasteiger charge is 2.30. The maximum absolute atomic E-state index is 12.5. The zero-order chi connectivity index (χ0) is 16.5. The van der Waals surface area contributed by atoms with E-state index in [9.17, 15) is 13.2 Å². The molecule has 22 heavy (non-hydrogen) atoms. The third-order valence-electron chi connectivity index (χ3n) is 3.50. The highest BCUT2D eigenvalue weighted by molar-refractivity contribution is 7.89. The molecule has 1 amide bonds. The summed E-state index contributed by atoms with van der Waals surface area (Å²) in [6.07, 6.45) is -0.924. The average Bonchev–Trinajstić information content (AvgIpc) is 2.74. The van der Waals surface area contributed by atoms with E-state index in [0.717, 1.165) is 0 Å². The predicted octanol–water partition coefficient (Wildman–Crippen LogP) is 1.04. The van der Waals surface area contributed by atoms with Gasteiger partial charge in [-0.05, 0) is 37.1 Å². The Balaban J connectivity index is 2.16. The molecular weight excluding hydrogens is 308 g/mol. The minimum atomic E-state index is -3.68. The van der Waals surface area contributed by atoms with Gasteiger partial charge in [-0.2, -0.15) is 0 Å². The number of carbonyl (C=O) groups excluding carboxylic acids is 1. The predicted molar refractivity (Wildman–Crippen MR) is 80.6 cm³/mol. The number of methoxy groups -OCH3 is 1. The summed E-state index contributed by atoms with van der Waals surface area (Å²) in [5.41, 5.74) is 1.20. The van der Waals surface area contributed by atoms with Crippen molar-refractivity contribution in [1.82, 2.24) is 9.62 Å². The van der Waals surface area contributed by atoms with Crippen LogP contribution in [0.1, 0.15) is 11.1 Å². The number of likely N-dealkylation sites (N-methyl/N-ethyl adjacent to an activating group) is 1. The van der Waals surface area contributed by atoms with Crippen molar-refractivity contribution in [2.24, 2.45) is 0 Å². The van der Waals surface area contributed by atoms with Crippen LogP contribution in [0.3, 0.4) is 0 Å². The van der Waals surface area contributed by atoms with Crippen LogP contribution >= 0.6 is 0 Å². The second-order valence-corrected chi connectivity index (χ2v) is 7.03. The fourth-order valence-electron chi connectivity index (χ4n) is 2.48. The number of nitrogens with zero attached hydrogens (tertiary/aromatic N) is 1. The van der Waals surface area contributed by atoms with Gasteiger partial charge in [0.15, 0.2) is 0 Å². The fourth-order valence-corrected chi connectivity index (χ4v) is 4.00. The van der Waals surface area contributed by atoms with Crippen LogP contribution in [0.25, 0.3) is 0 Å². The molecule has 1 heterocycles. The summed E-state index contributed by atoms with van der Waals surface area (Å²) in [4.78, 5) is 12.9. The SMILES string of the molecule is COc1cc(C)c(S(=O)(=O)NCC2CN(C)C(=O)O2)c(C)c1. The molecule has 0 radical (unpaired) electrons. The molecule has 1 aliphatic heterocycles. The molecule has 1 atom stereocenters. The highest BCUT2D eigenvalue weighted by Crippen LogP contribution is 2.25. The van der Waals surface area contributed by atoms with E-state index in [4.69, 9.17) is 9.47 Å². The number of rotatable bonds is 5. The third kappa shape index (κ3) is 3.33. The minimum Gasteiger partial charge on any atom is -0.497 e. The fraction of sp³-hybridized carbons (Fsp3) is 0.500. The number of aryl methyl sites for hydroxylation is 2. The molecule has 1 saturated heterocycles. The maximum atomic E-state index is 12.5. The number of nitrogens with one attached hydrogen (secondary N) is 1. The maximum Gasteiger partial charge on any atom is 0.410 e. The van der Waals surface area contributed by atoms with Crippen LogP contribution in [0.5, 0.6) is 5.75 Å². The van der Waals surface area contributed by atoms with Crippen LogP contribution in [0.2, 0.25) is 0 Å². The second-order valence-electron chi connectivity index (χ2n) is 5.33. The van der Waals surface area contributed by atoms with Gasteiger partial charge in [0.2, 0.25) is 10.0 Å². The first kappa shape index (κ1) is 16.6. The zero-order valence-corrected chi connectivity index (χ0v) is 13.9. The molecule has 1 fully saturated rings. The monoisotopic (exact) mass is 328 g/mol. The molecule has 1 unspecified atom stereocenters. The lowest BCUT2D eigenvalue weighted by Gasteiger charge is -2.15. The van der Waals surface area contributed by atoms with Crippen LogP contribution in [0.15, 0.2) is 17.0 Å². The van der Waals surface area contributed by atoms with Gasteiger partial charge in [-0.3, -0.25) is 0 Å². The summed E-state index contributed by atoms with van der Waals surface area (Å²) in [6.45, 7) is 3.84. The summed E-state index contributed by atoms with van der Waals surface area (Å²) in [5, 5.41) is 0. The Labute approximate surface area is 130 Å². The van der Waals surface area contributed by atoms with Crippen LogP contribution in [-0.4, -0.2) is 52.8 Å². The van der Waals surface area contributed by atoms with Crippen LogP contribution in [0.4, 0.5) is 4.79 Å². The van der Waals surface area contributed by atoms with Crippen molar-refractivity contribution >= 4 is 16.1 Å². The van der Waals surface area contributed by atoms with Gasteiger partial charge in [-0.15, -0.1) is 0 Å². The summed E-state index contributed by atoms with van der Waals surface area (Å²) < 4.78 is 37.7. The van der Waals surface area contributed by atoms with Crippen LogP contribution in [-0.2, 0) is 14.8 Å². The van der Waals surface area contributed by atoms with Crippen molar-refractivity contribution in [1.29, 1.82) is 0 Å². The van der Waals surface area contributed by atoms with Gasteiger partial charge in [-0.1, -0.05) is 0 Å². The minimum absolute atomic E-state index is 0.0450. The second kappa shape index (κ2) is 6.13. The first-order chi connectivity index (χ1) is 10.2. The lowest BCUT2D eigenvalue weighted by atomic mass is 10.1. The number of amides is 1. The van der Waals surface area contributed by atoms with Crippen molar-refractivity contribution in [3.8, 4) is 5.75 Å². The Bertz CT molecular complexity index is 663. The topological polar surface area (TPSA) is 84.9 Å². The highest BCUT2D eigenvalue weighted by atomic mass is 32.2. The quantitative estimate of drug-likeness (QED) is 0.873. The number of hydrogen-bond acceptors (Lipinski definition) is 5. The van der Waals surface area contributed by atoms with Crippen molar-refractivity contribution in [3.05, 3.63) is 23.3 Å². The molecule has 2 rings (SSSR count). The number of sulfonamides is 1. The third-order valence-corrected chi connectivity index (χ3v) is 5.22. The molecule has 8 heteroatoms. The van der Waals surface area contributed by atoms with E-state index in [1.54, 1.807) is 33.0 Å². The lowest BCUT2D eigenvalue weighted by Crippen LogP contribution is -2.34. The summed E-state index contributed by atoms with van der Waals surface area (Å²) >= 11 is 0. The number of ether oxygens (including phenoxy) is 2. The van der Waals surface area contributed by atoms with Crippen molar-refractivity contribution in [3.63, 3.8) is 0 Å². The molecule has 1 N–H and O–H groups in total. The first-order valence-electron chi connectivity index (χ1n) is 6.81. The Morgan fingerprint density at radius 2 is 1.95 bits per heavy atom. The van der Waals surface area contributed by atoms with Gasteiger partial charge in [0, 0.05) is 13.6 Å². The summed E-state index contributed by atoms with van der Waals surface area (Å²) in [6, 6.07) is 3.34. The average molecular weight is 328 g/mol. The van der Waals surface area contributed by atoms with Crippen LogP contribution in [0, 0.1) is 13.8 Å². The van der Waals surface area contributed by atoms with E-state index in [1.165, 1.54) is 12.0 Å². The van der Waals surface area contributed by atoms with Gasteiger partial charge in [0.05, 0.1) is 18.6 Å². The van der Waals surface area contributed by atoms with E-state index in [0.29, 0.717) is 23.4 Å². The molecular formula is C14H20N2O5S. The van der Waals surface area contributed by atoms with E-state index < -0.39 is 22.2 Å². The van der Waals surface area contributed by atoms with Gasteiger partial charge < -0.3 is 14.4 Å². The van der Waals surface area contributed by atoms with Crippen LogP contribution < -0.4 is 9.46 Å². The number of hydrogen-bond donors (Lipinski definition) is 1. The number of carbonyl (C=O) groups is 1. The molecule has 122 valence electrons. The molecule has 0 spiro atoms. The molecule has 0 bridgehead atoms.